The van der Waals surface area contributed by atoms with E-state index in [2.05, 4.69) is 37.0 Å². The maximum Gasteiger partial charge on any atom is 0.354 e. The summed E-state index contributed by atoms with van der Waals surface area (Å²) in [5.74, 6) is -0.315. The second kappa shape index (κ2) is 5.89. The van der Waals surface area contributed by atoms with E-state index in [0.29, 0.717) is 5.75 Å². The lowest BCUT2D eigenvalue weighted by molar-refractivity contribution is 0.0690. The van der Waals surface area contributed by atoms with Crippen LogP contribution in [0.5, 0.6) is 0 Å². The van der Waals surface area contributed by atoms with Crippen molar-refractivity contribution >= 4 is 17.7 Å². The summed E-state index contributed by atoms with van der Waals surface area (Å²) < 4.78 is 0. The van der Waals surface area contributed by atoms with Crippen LogP contribution in [0.1, 0.15) is 27.3 Å². The van der Waals surface area contributed by atoms with Gasteiger partial charge in [-0.15, -0.1) is 11.8 Å². The molecular formula is C15H15NO2S. The van der Waals surface area contributed by atoms with Crippen LogP contribution in [0.2, 0.25) is 0 Å². The fraction of sp³-hybridized carbons (Fsp3) is 0.200. The number of carboxylic acids is 1. The monoisotopic (exact) mass is 273 g/mol. The van der Waals surface area contributed by atoms with Gasteiger partial charge < -0.3 is 5.11 Å². The van der Waals surface area contributed by atoms with Gasteiger partial charge in [0.2, 0.25) is 0 Å². The summed E-state index contributed by atoms with van der Waals surface area (Å²) in [6.45, 7) is 4.13. The number of hydrogen-bond acceptors (Lipinski definition) is 3. The molecule has 1 aromatic heterocycles. The van der Waals surface area contributed by atoms with Crippen LogP contribution in [0, 0.1) is 13.8 Å². The molecule has 0 unspecified atom stereocenters. The molecule has 19 heavy (non-hydrogen) atoms. The topological polar surface area (TPSA) is 50.2 Å². The number of aryl methyl sites for hydroxylation is 2. The third kappa shape index (κ3) is 3.58. The van der Waals surface area contributed by atoms with Crippen LogP contribution in [0.25, 0.3) is 0 Å². The standard InChI is InChI=1S/C15H15NO2S/c1-10-6-7-11(2)14(8-10)19-9-12-4-3-5-13(16-12)15(17)18/h3-8H,9H2,1-2H3,(H,17,18). The first kappa shape index (κ1) is 13.6. The van der Waals surface area contributed by atoms with Gasteiger partial charge in [-0.25, -0.2) is 9.78 Å². The Kier molecular flexibility index (Phi) is 4.22. The third-order valence-corrected chi connectivity index (χ3v) is 3.94. The second-order valence-electron chi connectivity index (χ2n) is 4.38. The molecule has 0 bridgehead atoms. The number of thioether (sulfide) groups is 1. The predicted octanol–water partition coefficient (Wildman–Crippen LogP) is 3.69. The van der Waals surface area contributed by atoms with Crippen molar-refractivity contribution in [2.24, 2.45) is 0 Å². The highest BCUT2D eigenvalue weighted by Crippen LogP contribution is 2.26. The van der Waals surface area contributed by atoms with Crippen LogP contribution in [0.3, 0.4) is 0 Å². The number of benzene rings is 1. The highest BCUT2D eigenvalue weighted by atomic mass is 32.2. The van der Waals surface area contributed by atoms with E-state index in [-0.39, 0.29) is 5.69 Å². The predicted molar refractivity (Wildman–Crippen MR) is 76.7 cm³/mol. The SMILES string of the molecule is Cc1ccc(C)c(SCc2cccc(C(=O)O)n2)c1. The highest BCUT2D eigenvalue weighted by molar-refractivity contribution is 7.98. The molecule has 0 aliphatic heterocycles. The minimum absolute atomic E-state index is 0.0964. The number of aromatic nitrogens is 1. The van der Waals surface area contributed by atoms with Gasteiger partial charge in [-0.3, -0.25) is 0 Å². The minimum atomic E-state index is -0.987. The van der Waals surface area contributed by atoms with Crippen LogP contribution in [0.4, 0.5) is 0 Å². The van der Waals surface area contributed by atoms with Crippen LogP contribution in [0.15, 0.2) is 41.3 Å². The lowest BCUT2D eigenvalue weighted by Gasteiger charge is -2.07. The molecule has 0 fully saturated rings. The maximum absolute atomic E-state index is 10.9. The van der Waals surface area contributed by atoms with Crippen molar-refractivity contribution in [3.63, 3.8) is 0 Å². The van der Waals surface area contributed by atoms with Gasteiger partial charge in [0.05, 0.1) is 5.69 Å². The number of rotatable bonds is 4. The number of carbonyl (C=O) groups is 1. The summed E-state index contributed by atoms with van der Waals surface area (Å²) in [5.41, 5.74) is 3.33. The first-order valence-corrected chi connectivity index (χ1v) is 6.94. The zero-order chi connectivity index (χ0) is 13.8. The van der Waals surface area contributed by atoms with E-state index in [1.165, 1.54) is 22.1 Å². The van der Waals surface area contributed by atoms with E-state index >= 15 is 0 Å². The van der Waals surface area contributed by atoms with Crippen LogP contribution < -0.4 is 0 Å². The van der Waals surface area contributed by atoms with Crippen molar-refractivity contribution in [1.29, 1.82) is 0 Å². The summed E-state index contributed by atoms with van der Waals surface area (Å²) in [7, 11) is 0. The average molecular weight is 273 g/mol. The Hall–Kier alpha value is -1.81. The number of pyridine rings is 1. The van der Waals surface area contributed by atoms with Gasteiger partial charge in [0.15, 0.2) is 0 Å². The van der Waals surface area contributed by atoms with Crippen LogP contribution >= 0.6 is 11.8 Å². The van der Waals surface area contributed by atoms with E-state index in [1.807, 2.05) is 6.07 Å². The summed E-state index contributed by atoms with van der Waals surface area (Å²) in [6.07, 6.45) is 0. The molecule has 0 radical (unpaired) electrons. The fourth-order valence-corrected chi connectivity index (χ4v) is 2.72. The van der Waals surface area contributed by atoms with Crippen molar-refractivity contribution < 1.29 is 9.90 Å². The quantitative estimate of drug-likeness (QED) is 0.863. The lowest BCUT2D eigenvalue weighted by atomic mass is 10.2. The van der Waals surface area contributed by atoms with Crippen LogP contribution in [-0.2, 0) is 5.75 Å². The van der Waals surface area contributed by atoms with Crippen molar-refractivity contribution in [3.8, 4) is 0 Å². The van der Waals surface area contributed by atoms with Gasteiger partial charge in [0.1, 0.15) is 5.69 Å². The molecule has 0 saturated carbocycles. The van der Waals surface area contributed by atoms with E-state index in [4.69, 9.17) is 5.11 Å². The number of aromatic carboxylic acids is 1. The fourth-order valence-electron chi connectivity index (χ4n) is 1.69. The Labute approximate surface area is 116 Å². The van der Waals surface area contributed by atoms with Crippen molar-refractivity contribution in [1.82, 2.24) is 4.98 Å². The Bertz CT molecular complexity index is 611. The lowest BCUT2D eigenvalue weighted by Crippen LogP contribution is -2.01. The highest BCUT2D eigenvalue weighted by Gasteiger charge is 2.06. The van der Waals surface area contributed by atoms with Gasteiger partial charge >= 0.3 is 5.97 Å². The molecule has 0 spiro atoms. The zero-order valence-electron chi connectivity index (χ0n) is 10.9. The minimum Gasteiger partial charge on any atom is -0.477 e. The Balaban J connectivity index is 2.12. The van der Waals surface area contributed by atoms with E-state index < -0.39 is 5.97 Å². The van der Waals surface area contributed by atoms with Crippen molar-refractivity contribution in [3.05, 3.63) is 58.9 Å². The molecule has 0 aliphatic rings. The van der Waals surface area contributed by atoms with Gasteiger partial charge in [-0.05, 0) is 37.6 Å². The van der Waals surface area contributed by atoms with Gasteiger partial charge in [0, 0.05) is 10.6 Å². The molecule has 1 N–H and O–H groups in total. The summed E-state index contributed by atoms with van der Waals surface area (Å²) >= 11 is 1.68. The van der Waals surface area contributed by atoms with E-state index in [9.17, 15) is 4.79 Å². The molecule has 3 nitrogen and oxygen atoms in total. The average Bonchev–Trinajstić information content (AvgIpc) is 2.40. The van der Waals surface area contributed by atoms with Crippen LogP contribution in [-0.4, -0.2) is 16.1 Å². The molecule has 1 heterocycles. The number of carboxylic acid groups (broad SMARTS) is 1. The van der Waals surface area contributed by atoms with Crippen molar-refractivity contribution in [2.75, 3.05) is 0 Å². The Morgan fingerprint density at radius 2 is 2.05 bits per heavy atom. The third-order valence-electron chi connectivity index (χ3n) is 2.75. The summed E-state index contributed by atoms with van der Waals surface area (Å²) in [6, 6.07) is 11.4. The molecule has 2 rings (SSSR count). The molecular weight excluding hydrogens is 258 g/mol. The van der Waals surface area contributed by atoms with E-state index in [0.717, 1.165) is 5.69 Å². The molecule has 0 aliphatic carbocycles. The zero-order valence-corrected chi connectivity index (χ0v) is 11.7. The molecule has 1 aromatic carbocycles. The summed E-state index contributed by atoms with van der Waals surface area (Å²) in [4.78, 5) is 16.2. The largest absolute Gasteiger partial charge is 0.477 e. The molecule has 2 aromatic rings. The first-order valence-electron chi connectivity index (χ1n) is 5.95. The molecule has 0 atom stereocenters. The Morgan fingerprint density at radius 3 is 2.79 bits per heavy atom. The molecule has 0 saturated heterocycles. The molecule has 4 heteroatoms. The van der Waals surface area contributed by atoms with Gasteiger partial charge in [-0.1, -0.05) is 23.8 Å². The molecule has 98 valence electrons. The normalized spacial score (nSPS) is 10.4. The maximum atomic E-state index is 10.9. The second-order valence-corrected chi connectivity index (χ2v) is 5.39. The first-order chi connectivity index (χ1) is 9.06. The van der Waals surface area contributed by atoms with Crippen molar-refractivity contribution in [2.45, 2.75) is 24.5 Å². The summed E-state index contributed by atoms with van der Waals surface area (Å²) in [5, 5.41) is 8.91. The Morgan fingerprint density at radius 1 is 1.26 bits per heavy atom. The number of hydrogen-bond donors (Lipinski definition) is 1. The smallest absolute Gasteiger partial charge is 0.354 e. The van der Waals surface area contributed by atoms with Gasteiger partial charge in [-0.2, -0.15) is 0 Å². The van der Waals surface area contributed by atoms with Gasteiger partial charge in [0.25, 0.3) is 0 Å². The van der Waals surface area contributed by atoms with E-state index in [1.54, 1.807) is 17.8 Å². The number of nitrogens with zero attached hydrogens (tertiary/aromatic N) is 1. The molecule has 0 amide bonds.